The average molecular weight is 373 g/mol. The van der Waals surface area contributed by atoms with Gasteiger partial charge in [-0.3, -0.25) is 10.2 Å². The van der Waals surface area contributed by atoms with Gasteiger partial charge in [0.05, 0.1) is 5.75 Å². The number of rotatable bonds is 6. The Morgan fingerprint density at radius 1 is 1.23 bits per heavy atom. The predicted molar refractivity (Wildman–Crippen MR) is 107 cm³/mol. The molecule has 0 amide bonds. The lowest BCUT2D eigenvalue weighted by atomic mass is 9.87. The van der Waals surface area contributed by atoms with E-state index in [1.807, 2.05) is 43.3 Å². The normalized spacial score (nSPS) is 26.9. The number of allylic oxidation sites excluding steroid dienone is 1. The van der Waals surface area contributed by atoms with Gasteiger partial charge in [-0.25, -0.2) is 4.21 Å². The van der Waals surface area contributed by atoms with Crippen LogP contribution in [-0.4, -0.2) is 21.8 Å². The van der Waals surface area contributed by atoms with E-state index in [4.69, 9.17) is 10.2 Å². The van der Waals surface area contributed by atoms with Crippen molar-refractivity contribution < 1.29 is 4.21 Å². The van der Waals surface area contributed by atoms with E-state index in [9.17, 15) is 4.21 Å². The predicted octanol–water partition coefficient (Wildman–Crippen LogP) is 3.75. The number of hydrogen-bond acceptors (Lipinski definition) is 4. The molecule has 1 unspecified atom stereocenters. The van der Waals surface area contributed by atoms with Gasteiger partial charge in [0.15, 0.2) is 0 Å². The van der Waals surface area contributed by atoms with Crippen LogP contribution in [0.4, 0.5) is 0 Å². The monoisotopic (exact) mass is 372 g/mol. The molecule has 26 heavy (non-hydrogen) atoms. The van der Waals surface area contributed by atoms with Crippen molar-refractivity contribution in [2.75, 3.05) is 5.75 Å². The van der Waals surface area contributed by atoms with E-state index in [1.165, 1.54) is 0 Å². The summed E-state index contributed by atoms with van der Waals surface area (Å²) in [5.41, 5.74) is 2.95. The molecule has 3 rings (SSSR count). The molecule has 1 atom stereocenters. The van der Waals surface area contributed by atoms with Crippen LogP contribution in [0.25, 0.3) is 0 Å². The first-order valence-corrected chi connectivity index (χ1v) is 11.1. The van der Waals surface area contributed by atoms with Gasteiger partial charge in [0, 0.05) is 39.0 Å². The minimum Gasteiger partial charge on any atom is -0.385 e. The fourth-order valence-corrected chi connectivity index (χ4v) is 5.77. The molecule has 4 N–H and O–H groups in total. The van der Waals surface area contributed by atoms with Crippen LogP contribution in [0.1, 0.15) is 38.2 Å². The van der Waals surface area contributed by atoms with E-state index in [-0.39, 0.29) is 0 Å². The highest BCUT2D eigenvalue weighted by Crippen LogP contribution is 2.27. The molecule has 6 heteroatoms. The summed E-state index contributed by atoms with van der Waals surface area (Å²) in [4.78, 5) is 0. The van der Waals surface area contributed by atoms with Crippen molar-refractivity contribution in [2.45, 2.75) is 44.4 Å². The second-order valence-corrected chi connectivity index (χ2v) is 9.61. The van der Waals surface area contributed by atoms with Crippen LogP contribution < -0.4 is 10.6 Å². The van der Waals surface area contributed by atoms with Crippen LogP contribution in [0.3, 0.4) is 0 Å². The molecule has 0 spiro atoms. The van der Waals surface area contributed by atoms with Crippen molar-refractivity contribution in [2.24, 2.45) is 5.92 Å². The number of amidine groups is 1. The Kier molecular flexibility index (Phi) is 5.81. The van der Waals surface area contributed by atoms with Crippen molar-refractivity contribution in [3.8, 4) is 0 Å². The lowest BCUT2D eigenvalue weighted by Crippen LogP contribution is -2.34. The van der Waals surface area contributed by atoms with Crippen LogP contribution in [0.15, 0.2) is 53.9 Å². The van der Waals surface area contributed by atoms with Gasteiger partial charge in [0.25, 0.3) is 0 Å². The van der Waals surface area contributed by atoms with Crippen LogP contribution >= 0.6 is 0 Å². The van der Waals surface area contributed by atoms with Crippen molar-refractivity contribution in [1.82, 2.24) is 10.6 Å². The summed E-state index contributed by atoms with van der Waals surface area (Å²) in [7, 11) is -2.57. The smallest absolute Gasteiger partial charge is 0.131 e. The summed E-state index contributed by atoms with van der Waals surface area (Å²) in [6, 6.07) is 10.1. The molecule has 0 saturated heterocycles. The van der Waals surface area contributed by atoms with E-state index in [1.54, 1.807) is 6.20 Å². The van der Waals surface area contributed by atoms with Crippen molar-refractivity contribution in [3.63, 3.8) is 0 Å². The van der Waals surface area contributed by atoms with Crippen molar-refractivity contribution in [1.29, 1.82) is 10.2 Å². The van der Waals surface area contributed by atoms with Gasteiger partial charge in [0.2, 0.25) is 0 Å². The zero-order valence-electron chi connectivity index (χ0n) is 15.3. The SMILES string of the molecule is C/C(N[C@H]1CC[C@@H](CS(=N)(=O)Cc2ccccc2)CC1)=C1/C=CNC1=N. The molecule has 1 aliphatic carbocycles. The van der Waals surface area contributed by atoms with E-state index in [0.29, 0.717) is 29.3 Å². The molecule has 5 nitrogen and oxygen atoms in total. The van der Waals surface area contributed by atoms with Gasteiger partial charge in [0.1, 0.15) is 5.84 Å². The highest BCUT2D eigenvalue weighted by molar-refractivity contribution is 7.91. The first-order chi connectivity index (χ1) is 12.4. The molecule has 0 radical (unpaired) electrons. The molecule has 1 aromatic carbocycles. The minimum atomic E-state index is -2.57. The first kappa shape index (κ1) is 18.7. The van der Waals surface area contributed by atoms with Crippen LogP contribution in [0, 0.1) is 16.1 Å². The molecule has 1 saturated carbocycles. The maximum atomic E-state index is 12.7. The van der Waals surface area contributed by atoms with Crippen LogP contribution in [-0.2, 0) is 15.5 Å². The third-order valence-corrected chi connectivity index (χ3v) is 6.98. The summed E-state index contributed by atoms with van der Waals surface area (Å²) >= 11 is 0. The Balaban J connectivity index is 1.49. The van der Waals surface area contributed by atoms with Gasteiger partial charge in [-0.15, -0.1) is 0 Å². The molecule has 1 fully saturated rings. The van der Waals surface area contributed by atoms with E-state index in [2.05, 4.69) is 10.6 Å². The summed E-state index contributed by atoms with van der Waals surface area (Å²) < 4.78 is 21.0. The molecule has 1 aliphatic heterocycles. The van der Waals surface area contributed by atoms with Crippen molar-refractivity contribution in [3.05, 3.63) is 59.4 Å². The highest BCUT2D eigenvalue weighted by atomic mass is 32.2. The molecule has 0 bridgehead atoms. The second-order valence-electron chi connectivity index (χ2n) is 7.36. The molecular formula is C20H28N4OS. The van der Waals surface area contributed by atoms with Gasteiger partial charge in [-0.05, 0) is 50.2 Å². The van der Waals surface area contributed by atoms with Gasteiger partial charge < -0.3 is 10.6 Å². The summed E-state index contributed by atoms with van der Waals surface area (Å²) in [5.74, 6) is 1.68. The molecule has 1 aromatic rings. The summed E-state index contributed by atoms with van der Waals surface area (Å²) in [5, 5.41) is 14.3. The average Bonchev–Trinajstić information content (AvgIpc) is 3.03. The maximum Gasteiger partial charge on any atom is 0.131 e. The number of benzene rings is 1. The largest absolute Gasteiger partial charge is 0.385 e. The highest BCUT2D eigenvalue weighted by Gasteiger charge is 2.25. The molecule has 140 valence electrons. The van der Waals surface area contributed by atoms with Crippen LogP contribution in [0.2, 0.25) is 0 Å². The van der Waals surface area contributed by atoms with E-state index < -0.39 is 9.73 Å². The van der Waals surface area contributed by atoms with E-state index in [0.717, 1.165) is 42.5 Å². The third kappa shape index (κ3) is 4.97. The zero-order valence-corrected chi connectivity index (χ0v) is 16.1. The topological polar surface area (TPSA) is 88.8 Å². The van der Waals surface area contributed by atoms with E-state index >= 15 is 0 Å². The summed E-state index contributed by atoms with van der Waals surface area (Å²) in [6.45, 7) is 2.02. The molecule has 0 aromatic heterocycles. The molecule has 2 aliphatic rings. The fraction of sp³-hybridized carbons (Fsp3) is 0.450. The summed E-state index contributed by atoms with van der Waals surface area (Å²) in [6.07, 6.45) is 7.79. The Bertz CT molecular complexity index is 803. The molecule has 1 heterocycles. The number of hydrogen-bond donors (Lipinski definition) is 4. The molecular weight excluding hydrogens is 344 g/mol. The maximum absolute atomic E-state index is 12.7. The Hall–Kier alpha value is -2.08. The van der Waals surface area contributed by atoms with Gasteiger partial charge >= 0.3 is 0 Å². The Morgan fingerprint density at radius 2 is 1.92 bits per heavy atom. The Labute approximate surface area is 156 Å². The standard InChI is InChI=1S/C20H28N4OS/c1-15(19-11-12-23-20(19)21)24-18-9-7-17(8-10-18)14-26(22,25)13-16-5-3-2-4-6-16/h2-6,11-12,17-18,22,24H,7-10,13-14H2,1H3,(H2,21,23)/b19-15+/t17-,18+,26?. The van der Waals surface area contributed by atoms with Gasteiger partial charge in [-0.1, -0.05) is 30.3 Å². The second kappa shape index (κ2) is 8.08. The Morgan fingerprint density at radius 3 is 2.54 bits per heavy atom. The lowest BCUT2D eigenvalue weighted by molar-refractivity contribution is 0.323. The van der Waals surface area contributed by atoms with Crippen LogP contribution in [0.5, 0.6) is 0 Å². The third-order valence-electron chi connectivity index (χ3n) is 5.17. The fourth-order valence-electron chi connectivity index (χ4n) is 3.82. The minimum absolute atomic E-state index is 0.360. The first-order valence-electron chi connectivity index (χ1n) is 9.20. The number of nitrogens with one attached hydrogen (secondary N) is 4. The lowest BCUT2D eigenvalue weighted by Gasteiger charge is -2.30. The van der Waals surface area contributed by atoms with Crippen molar-refractivity contribution >= 4 is 15.6 Å². The zero-order chi connectivity index (χ0) is 18.6. The quantitative estimate of drug-likeness (QED) is 0.613. The van der Waals surface area contributed by atoms with Gasteiger partial charge in [-0.2, -0.15) is 0 Å².